The molecule has 0 saturated carbocycles. The molecule has 2 rings (SSSR count). The molecule has 1 aromatic rings. The number of ketones is 1. The normalized spacial score (nSPS) is 19.6. The molecule has 1 N–H and O–H groups in total. The molecule has 0 radical (unpaired) electrons. The maximum atomic E-state index is 12.5. The van der Waals surface area contributed by atoms with Crippen molar-refractivity contribution in [3.8, 4) is 5.75 Å². The topological polar surface area (TPSA) is 38.3 Å². The van der Waals surface area contributed by atoms with Gasteiger partial charge in [0, 0.05) is 5.56 Å². The minimum atomic E-state index is -0.00903. The highest BCUT2D eigenvalue weighted by Gasteiger charge is 2.23. The minimum Gasteiger partial charge on any atom is -0.496 e. The summed E-state index contributed by atoms with van der Waals surface area (Å²) in [7, 11) is 1.66. The van der Waals surface area contributed by atoms with E-state index in [1.807, 2.05) is 26.0 Å². The van der Waals surface area contributed by atoms with Crippen LogP contribution in [0.25, 0.3) is 0 Å². The summed E-state index contributed by atoms with van der Waals surface area (Å²) in [5, 5.41) is 3.31. The third-order valence-corrected chi connectivity index (χ3v) is 3.85. The molecule has 1 fully saturated rings. The maximum absolute atomic E-state index is 12.5. The van der Waals surface area contributed by atoms with Gasteiger partial charge in [-0.2, -0.15) is 0 Å². The van der Waals surface area contributed by atoms with Gasteiger partial charge < -0.3 is 10.1 Å². The lowest BCUT2D eigenvalue weighted by atomic mass is 9.92. The molecule has 1 saturated heterocycles. The van der Waals surface area contributed by atoms with Gasteiger partial charge in [-0.05, 0) is 56.5 Å². The van der Waals surface area contributed by atoms with Crippen molar-refractivity contribution in [3.05, 3.63) is 28.8 Å². The zero-order chi connectivity index (χ0) is 13.1. The van der Waals surface area contributed by atoms with Crippen LogP contribution >= 0.6 is 0 Å². The number of hydrogen-bond acceptors (Lipinski definition) is 3. The molecule has 0 aromatic heterocycles. The highest BCUT2D eigenvalue weighted by atomic mass is 16.5. The van der Waals surface area contributed by atoms with E-state index >= 15 is 0 Å². The van der Waals surface area contributed by atoms with E-state index in [9.17, 15) is 4.79 Å². The van der Waals surface area contributed by atoms with Crippen LogP contribution in [0.4, 0.5) is 0 Å². The van der Waals surface area contributed by atoms with Crippen LogP contribution in [0, 0.1) is 13.8 Å². The van der Waals surface area contributed by atoms with Gasteiger partial charge in [-0.1, -0.05) is 6.42 Å². The van der Waals surface area contributed by atoms with Gasteiger partial charge >= 0.3 is 0 Å². The zero-order valence-electron chi connectivity index (χ0n) is 11.4. The second kappa shape index (κ2) is 5.53. The molecule has 3 nitrogen and oxygen atoms in total. The SMILES string of the molecule is COc1ccc(C(=O)C2CCCCN2)c(C)c1C. The summed E-state index contributed by atoms with van der Waals surface area (Å²) in [5.74, 6) is 1.07. The molecule has 0 spiro atoms. The van der Waals surface area contributed by atoms with Crippen molar-refractivity contribution in [2.75, 3.05) is 13.7 Å². The molecule has 1 aliphatic rings. The van der Waals surface area contributed by atoms with Gasteiger partial charge in [0.25, 0.3) is 0 Å². The van der Waals surface area contributed by atoms with E-state index in [1.54, 1.807) is 7.11 Å². The smallest absolute Gasteiger partial charge is 0.180 e. The summed E-state index contributed by atoms with van der Waals surface area (Å²) in [6.45, 7) is 4.94. The Morgan fingerprint density at radius 3 is 2.67 bits per heavy atom. The molecule has 3 heteroatoms. The first kappa shape index (κ1) is 13.1. The minimum absolute atomic E-state index is 0.00903. The van der Waals surface area contributed by atoms with E-state index in [0.717, 1.165) is 41.8 Å². The molecule has 1 heterocycles. The Kier molecular flexibility index (Phi) is 4.02. The Labute approximate surface area is 109 Å². The second-order valence-corrected chi connectivity index (χ2v) is 4.93. The van der Waals surface area contributed by atoms with Gasteiger partial charge in [-0.15, -0.1) is 0 Å². The maximum Gasteiger partial charge on any atom is 0.180 e. The summed E-state index contributed by atoms with van der Waals surface area (Å²) in [6, 6.07) is 3.77. The molecular formula is C15H21NO2. The third-order valence-electron chi connectivity index (χ3n) is 3.85. The van der Waals surface area contributed by atoms with Crippen molar-refractivity contribution >= 4 is 5.78 Å². The standard InChI is InChI=1S/C15H21NO2/c1-10-11(2)14(18-3)8-7-12(10)15(17)13-6-4-5-9-16-13/h7-8,13,16H,4-6,9H2,1-3H3. The van der Waals surface area contributed by atoms with Crippen molar-refractivity contribution in [1.82, 2.24) is 5.32 Å². The first-order valence-electron chi connectivity index (χ1n) is 6.57. The van der Waals surface area contributed by atoms with Crippen LogP contribution in [0.1, 0.15) is 40.7 Å². The second-order valence-electron chi connectivity index (χ2n) is 4.93. The van der Waals surface area contributed by atoms with Gasteiger partial charge in [-0.25, -0.2) is 0 Å². The fourth-order valence-corrected chi connectivity index (χ4v) is 2.55. The molecular weight excluding hydrogens is 226 g/mol. The van der Waals surface area contributed by atoms with Crippen LogP contribution in [-0.2, 0) is 0 Å². The van der Waals surface area contributed by atoms with Crippen LogP contribution in [-0.4, -0.2) is 25.5 Å². The number of ether oxygens (including phenoxy) is 1. The van der Waals surface area contributed by atoms with Crippen LogP contribution in [0.2, 0.25) is 0 Å². The quantitative estimate of drug-likeness (QED) is 0.834. The van der Waals surface area contributed by atoms with Crippen LogP contribution in [0.5, 0.6) is 5.75 Å². The fourth-order valence-electron chi connectivity index (χ4n) is 2.55. The Bertz CT molecular complexity index is 448. The molecule has 98 valence electrons. The molecule has 1 atom stereocenters. The van der Waals surface area contributed by atoms with Gasteiger partial charge in [0.2, 0.25) is 0 Å². The van der Waals surface area contributed by atoms with E-state index in [-0.39, 0.29) is 11.8 Å². The largest absolute Gasteiger partial charge is 0.496 e. The number of carbonyl (C=O) groups is 1. The van der Waals surface area contributed by atoms with Gasteiger partial charge in [-0.3, -0.25) is 4.79 Å². The highest BCUT2D eigenvalue weighted by Crippen LogP contribution is 2.25. The molecule has 1 unspecified atom stereocenters. The number of hydrogen-bond donors (Lipinski definition) is 1. The summed E-state index contributed by atoms with van der Waals surface area (Å²) < 4.78 is 5.28. The van der Waals surface area contributed by atoms with E-state index in [1.165, 1.54) is 6.42 Å². The average Bonchev–Trinajstić information content (AvgIpc) is 2.42. The van der Waals surface area contributed by atoms with Crippen molar-refractivity contribution in [1.29, 1.82) is 0 Å². The average molecular weight is 247 g/mol. The predicted octanol–water partition coefficient (Wildman–Crippen LogP) is 2.64. The van der Waals surface area contributed by atoms with Crippen molar-refractivity contribution in [3.63, 3.8) is 0 Å². The molecule has 1 aromatic carbocycles. The number of rotatable bonds is 3. The van der Waals surface area contributed by atoms with E-state index in [4.69, 9.17) is 4.74 Å². The Morgan fingerprint density at radius 2 is 2.06 bits per heavy atom. The number of methoxy groups -OCH3 is 1. The fraction of sp³-hybridized carbons (Fsp3) is 0.533. The van der Waals surface area contributed by atoms with Gasteiger partial charge in [0.1, 0.15) is 5.75 Å². The Hall–Kier alpha value is -1.35. The van der Waals surface area contributed by atoms with E-state index < -0.39 is 0 Å². The Morgan fingerprint density at radius 1 is 1.28 bits per heavy atom. The summed E-state index contributed by atoms with van der Waals surface area (Å²) >= 11 is 0. The van der Waals surface area contributed by atoms with Crippen LogP contribution in [0.3, 0.4) is 0 Å². The highest BCUT2D eigenvalue weighted by molar-refractivity contribution is 6.01. The number of nitrogens with one attached hydrogen (secondary N) is 1. The van der Waals surface area contributed by atoms with Crippen molar-refractivity contribution < 1.29 is 9.53 Å². The van der Waals surface area contributed by atoms with Gasteiger partial charge in [0.05, 0.1) is 13.2 Å². The van der Waals surface area contributed by atoms with Crippen molar-refractivity contribution in [2.24, 2.45) is 0 Å². The number of benzene rings is 1. The van der Waals surface area contributed by atoms with E-state index in [0.29, 0.717) is 0 Å². The zero-order valence-corrected chi connectivity index (χ0v) is 11.4. The summed E-state index contributed by atoms with van der Waals surface area (Å²) in [4.78, 5) is 12.5. The number of carbonyl (C=O) groups excluding carboxylic acids is 1. The first-order chi connectivity index (χ1) is 8.65. The van der Waals surface area contributed by atoms with Crippen molar-refractivity contribution in [2.45, 2.75) is 39.2 Å². The lowest BCUT2D eigenvalue weighted by Gasteiger charge is -2.23. The van der Waals surface area contributed by atoms with Crippen LogP contribution < -0.4 is 10.1 Å². The number of piperidine rings is 1. The molecule has 0 aliphatic carbocycles. The summed E-state index contributed by atoms with van der Waals surface area (Å²) in [5.41, 5.74) is 2.92. The summed E-state index contributed by atoms with van der Waals surface area (Å²) in [6.07, 6.45) is 3.26. The van der Waals surface area contributed by atoms with Crippen LogP contribution in [0.15, 0.2) is 12.1 Å². The third kappa shape index (κ3) is 2.41. The predicted molar refractivity (Wildman–Crippen MR) is 72.4 cm³/mol. The molecule has 0 bridgehead atoms. The lowest BCUT2D eigenvalue weighted by molar-refractivity contribution is 0.0926. The monoisotopic (exact) mass is 247 g/mol. The molecule has 1 aliphatic heterocycles. The first-order valence-corrected chi connectivity index (χ1v) is 6.57. The Balaban J connectivity index is 2.27. The van der Waals surface area contributed by atoms with E-state index in [2.05, 4.69) is 5.32 Å². The molecule has 0 amide bonds. The van der Waals surface area contributed by atoms with Gasteiger partial charge in [0.15, 0.2) is 5.78 Å². The molecule has 18 heavy (non-hydrogen) atoms. The number of Topliss-reactive ketones (excluding diaryl/α,β-unsaturated/α-hetero) is 1. The lowest BCUT2D eigenvalue weighted by Crippen LogP contribution is -2.40.